The molecule has 0 aliphatic heterocycles. The van der Waals surface area contributed by atoms with Gasteiger partial charge in [-0.15, -0.1) is 0 Å². The summed E-state index contributed by atoms with van der Waals surface area (Å²) in [5.74, 6) is -0.0668. The van der Waals surface area contributed by atoms with Crippen LogP contribution in [0, 0.1) is 0 Å². The van der Waals surface area contributed by atoms with Crippen LogP contribution >= 0.6 is 0 Å². The molecule has 6 heteroatoms. The summed E-state index contributed by atoms with van der Waals surface area (Å²) >= 11 is 0. The van der Waals surface area contributed by atoms with E-state index >= 15 is 0 Å². The van der Waals surface area contributed by atoms with Gasteiger partial charge in [-0.05, 0) is 29.8 Å². The normalized spacial score (nSPS) is 10.9. The monoisotopic (exact) mass is 330 g/mol. The van der Waals surface area contributed by atoms with Gasteiger partial charge in [0.1, 0.15) is 11.6 Å². The van der Waals surface area contributed by atoms with E-state index in [0.29, 0.717) is 28.2 Å². The molecule has 2 aromatic heterocycles. The van der Waals surface area contributed by atoms with Crippen molar-refractivity contribution >= 4 is 22.8 Å². The number of aromatic nitrogens is 3. The van der Waals surface area contributed by atoms with E-state index in [9.17, 15) is 4.79 Å². The van der Waals surface area contributed by atoms with Crippen molar-refractivity contribution in [2.45, 2.75) is 0 Å². The first-order chi connectivity index (χ1) is 12.1. The first-order valence-corrected chi connectivity index (χ1v) is 7.66. The second kappa shape index (κ2) is 5.76. The van der Waals surface area contributed by atoms with Crippen LogP contribution in [0.2, 0.25) is 0 Å². The molecule has 0 unspecified atom stereocenters. The van der Waals surface area contributed by atoms with E-state index in [1.807, 2.05) is 36.4 Å². The molecule has 0 bridgehead atoms. The Kier molecular flexibility index (Phi) is 3.43. The molecule has 0 aliphatic carbocycles. The van der Waals surface area contributed by atoms with E-state index in [4.69, 9.17) is 10.8 Å². The Labute approximate surface area is 143 Å². The number of carbonyl (C=O) groups is 1. The number of benzene rings is 2. The number of nitrogen functional groups attached to an aromatic ring is 1. The van der Waals surface area contributed by atoms with Gasteiger partial charge in [0.15, 0.2) is 0 Å². The second-order valence-corrected chi connectivity index (χ2v) is 5.65. The van der Waals surface area contributed by atoms with E-state index in [1.165, 1.54) is 6.07 Å². The van der Waals surface area contributed by atoms with E-state index in [-0.39, 0.29) is 5.56 Å². The highest BCUT2D eigenvalue weighted by atomic mass is 16.4. The Balaban J connectivity index is 1.84. The van der Waals surface area contributed by atoms with Crippen LogP contribution in [0.15, 0.2) is 60.8 Å². The number of carboxylic acid groups (broad SMARTS) is 1. The fourth-order valence-electron chi connectivity index (χ4n) is 2.72. The molecule has 122 valence electrons. The molecule has 4 N–H and O–H groups in total. The van der Waals surface area contributed by atoms with Crippen molar-refractivity contribution in [2.24, 2.45) is 0 Å². The lowest BCUT2D eigenvalue weighted by molar-refractivity contribution is 0.0697. The van der Waals surface area contributed by atoms with Crippen LogP contribution in [-0.4, -0.2) is 26.0 Å². The zero-order valence-electron chi connectivity index (χ0n) is 13.1. The van der Waals surface area contributed by atoms with Gasteiger partial charge in [-0.2, -0.15) is 0 Å². The average molecular weight is 330 g/mol. The third-order valence-electron chi connectivity index (χ3n) is 4.01. The van der Waals surface area contributed by atoms with Crippen LogP contribution < -0.4 is 5.73 Å². The summed E-state index contributed by atoms with van der Waals surface area (Å²) in [6, 6.07) is 16.5. The number of carboxylic acids is 1. The minimum Gasteiger partial charge on any atom is -0.478 e. The van der Waals surface area contributed by atoms with Gasteiger partial charge in [0, 0.05) is 11.8 Å². The SMILES string of the molecule is Nc1ncc(-c2ccccc2)cc1-c1nc2ccc(C(=O)O)cc2[nH]1. The molecule has 0 radical (unpaired) electrons. The number of H-pyrrole nitrogens is 1. The zero-order chi connectivity index (χ0) is 17.4. The molecule has 0 amide bonds. The van der Waals surface area contributed by atoms with E-state index < -0.39 is 5.97 Å². The highest BCUT2D eigenvalue weighted by Gasteiger charge is 2.13. The number of nitrogens with one attached hydrogen (secondary N) is 1. The van der Waals surface area contributed by atoms with E-state index in [0.717, 1.165) is 11.1 Å². The summed E-state index contributed by atoms with van der Waals surface area (Å²) < 4.78 is 0. The standard InChI is InChI=1S/C19H14N4O2/c20-17-14(8-13(10-21-17)11-4-2-1-3-5-11)18-22-15-7-6-12(19(24)25)9-16(15)23-18/h1-10H,(H2,20,21)(H,22,23)(H,24,25). The van der Waals surface area contributed by atoms with Gasteiger partial charge in [0.2, 0.25) is 0 Å². The van der Waals surface area contributed by atoms with Gasteiger partial charge in [-0.25, -0.2) is 14.8 Å². The molecule has 0 aliphatic rings. The highest BCUT2D eigenvalue weighted by Crippen LogP contribution is 2.29. The Bertz CT molecular complexity index is 1090. The van der Waals surface area contributed by atoms with Crippen molar-refractivity contribution in [2.75, 3.05) is 5.73 Å². The Morgan fingerprint density at radius 2 is 1.84 bits per heavy atom. The maximum Gasteiger partial charge on any atom is 0.335 e. The van der Waals surface area contributed by atoms with Crippen molar-refractivity contribution in [3.8, 4) is 22.5 Å². The fourth-order valence-corrected chi connectivity index (χ4v) is 2.72. The molecular formula is C19H14N4O2. The lowest BCUT2D eigenvalue weighted by Crippen LogP contribution is -1.96. The third-order valence-corrected chi connectivity index (χ3v) is 4.01. The number of pyridine rings is 1. The van der Waals surface area contributed by atoms with Crippen molar-refractivity contribution in [3.05, 3.63) is 66.4 Å². The molecular weight excluding hydrogens is 316 g/mol. The number of imidazole rings is 1. The fraction of sp³-hybridized carbons (Fsp3) is 0. The van der Waals surface area contributed by atoms with Gasteiger partial charge >= 0.3 is 5.97 Å². The van der Waals surface area contributed by atoms with Crippen LogP contribution in [0.3, 0.4) is 0 Å². The Morgan fingerprint density at radius 1 is 1.04 bits per heavy atom. The Hall–Kier alpha value is -3.67. The van der Waals surface area contributed by atoms with Gasteiger partial charge in [-0.3, -0.25) is 0 Å². The lowest BCUT2D eigenvalue weighted by Gasteiger charge is -2.06. The number of hydrogen-bond acceptors (Lipinski definition) is 4. The lowest BCUT2D eigenvalue weighted by atomic mass is 10.1. The van der Waals surface area contributed by atoms with E-state index in [2.05, 4.69) is 15.0 Å². The Morgan fingerprint density at radius 3 is 2.60 bits per heavy atom. The number of rotatable bonds is 3. The zero-order valence-corrected chi connectivity index (χ0v) is 13.1. The van der Waals surface area contributed by atoms with Gasteiger partial charge in [-0.1, -0.05) is 30.3 Å². The van der Waals surface area contributed by atoms with Gasteiger partial charge in [0.05, 0.1) is 22.2 Å². The van der Waals surface area contributed by atoms with Crippen molar-refractivity contribution < 1.29 is 9.90 Å². The van der Waals surface area contributed by atoms with Crippen LogP contribution in [0.5, 0.6) is 0 Å². The number of nitrogens with zero attached hydrogens (tertiary/aromatic N) is 2. The maximum atomic E-state index is 11.1. The summed E-state index contributed by atoms with van der Waals surface area (Å²) in [6.45, 7) is 0. The molecule has 0 saturated carbocycles. The molecule has 6 nitrogen and oxygen atoms in total. The summed E-state index contributed by atoms with van der Waals surface area (Å²) in [6.07, 6.45) is 1.72. The quantitative estimate of drug-likeness (QED) is 0.532. The van der Waals surface area contributed by atoms with Crippen LogP contribution in [0.1, 0.15) is 10.4 Å². The summed E-state index contributed by atoms with van der Waals surface area (Å²) in [5.41, 5.74) is 10.2. The van der Waals surface area contributed by atoms with Gasteiger partial charge in [0.25, 0.3) is 0 Å². The van der Waals surface area contributed by atoms with Crippen molar-refractivity contribution in [1.82, 2.24) is 15.0 Å². The van der Waals surface area contributed by atoms with Gasteiger partial charge < -0.3 is 15.8 Å². The topological polar surface area (TPSA) is 105 Å². The number of hydrogen-bond donors (Lipinski definition) is 3. The number of aromatic amines is 1. The molecule has 2 aromatic carbocycles. The average Bonchev–Trinajstić information content (AvgIpc) is 3.05. The predicted octanol–water partition coefficient (Wildman–Crippen LogP) is 3.57. The van der Waals surface area contributed by atoms with Crippen LogP contribution in [0.25, 0.3) is 33.5 Å². The number of fused-ring (bicyclic) bond motifs is 1. The molecule has 25 heavy (non-hydrogen) atoms. The summed E-state index contributed by atoms with van der Waals surface area (Å²) in [4.78, 5) is 23.0. The number of aromatic carboxylic acids is 1. The van der Waals surface area contributed by atoms with Crippen molar-refractivity contribution in [3.63, 3.8) is 0 Å². The van der Waals surface area contributed by atoms with E-state index in [1.54, 1.807) is 18.3 Å². The molecule has 4 aromatic rings. The molecule has 0 atom stereocenters. The minimum absolute atomic E-state index is 0.201. The van der Waals surface area contributed by atoms with Crippen LogP contribution in [-0.2, 0) is 0 Å². The number of anilines is 1. The summed E-state index contributed by atoms with van der Waals surface area (Å²) in [5, 5.41) is 9.11. The highest BCUT2D eigenvalue weighted by molar-refractivity contribution is 5.93. The molecule has 0 saturated heterocycles. The second-order valence-electron chi connectivity index (χ2n) is 5.65. The first kappa shape index (κ1) is 14.9. The number of nitrogens with two attached hydrogens (primary N) is 1. The largest absolute Gasteiger partial charge is 0.478 e. The third kappa shape index (κ3) is 2.70. The summed E-state index contributed by atoms with van der Waals surface area (Å²) in [7, 11) is 0. The molecule has 2 heterocycles. The van der Waals surface area contributed by atoms with Crippen molar-refractivity contribution in [1.29, 1.82) is 0 Å². The molecule has 0 fully saturated rings. The first-order valence-electron chi connectivity index (χ1n) is 7.66. The van der Waals surface area contributed by atoms with Crippen LogP contribution in [0.4, 0.5) is 5.82 Å². The predicted molar refractivity (Wildman–Crippen MR) is 96.1 cm³/mol. The molecule has 0 spiro atoms. The maximum absolute atomic E-state index is 11.1. The minimum atomic E-state index is -0.981. The smallest absolute Gasteiger partial charge is 0.335 e. The molecule has 4 rings (SSSR count).